The minimum absolute atomic E-state index is 0.00381. The third kappa shape index (κ3) is 4.35. The van der Waals surface area contributed by atoms with Crippen molar-refractivity contribution in [1.29, 1.82) is 0 Å². The van der Waals surface area contributed by atoms with Crippen molar-refractivity contribution < 1.29 is 9.90 Å². The molecule has 24 heavy (non-hydrogen) atoms. The summed E-state index contributed by atoms with van der Waals surface area (Å²) in [6.07, 6.45) is 0. The molecule has 1 aromatic carbocycles. The third-order valence-corrected chi connectivity index (χ3v) is 3.97. The Hall–Kier alpha value is -2.34. The van der Waals surface area contributed by atoms with Crippen LogP contribution in [0, 0.1) is 19.8 Å². The molecule has 2 rings (SSSR count). The highest BCUT2D eigenvalue weighted by atomic mass is 16.3. The van der Waals surface area contributed by atoms with Crippen molar-refractivity contribution in [2.75, 3.05) is 17.2 Å². The fraction of sp³-hybridized carbons (Fsp3) is 0.444. The maximum absolute atomic E-state index is 11.8. The van der Waals surface area contributed by atoms with E-state index in [2.05, 4.69) is 15.7 Å². The van der Waals surface area contributed by atoms with Gasteiger partial charge in [-0.25, -0.2) is 0 Å². The van der Waals surface area contributed by atoms with Gasteiger partial charge in [-0.1, -0.05) is 19.9 Å². The Morgan fingerprint density at radius 3 is 2.67 bits per heavy atom. The Bertz CT molecular complexity index is 707. The van der Waals surface area contributed by atoms with Crippen molar-refractivity contribution in [3.8, 4) is 0 Å². The van der Waals surface area contributed by atoms with E-state index in [0.29, 0.717) is 13.1 Å². The van der Waals surface area contributed by atoms with Crippen LogP contribution in [0.15, 0.2) is 24.3 Å². The monoisotopic (exact) mass is 330 g/mol. The lowest BCUT2D eigenvalue weighted by molar-refractivity contribution is -0.118. The van der Waals surface area contributed by atoms with Crippen molar-refractivity contribution in [1.82, 2.24) is 9.78 Å². The van der Waals surface area contributed by atoms with Crippen molar-refractivity contribution in [2.45, 2.75) is 40.8 Å². The number of aliphatic hydroxyl groups is 1. The van der Waals surface area contributed by atoms with Gasteiger partial charge in [0.2, 0.25) is 5.91 Å². The second kappa shape index (κ2) is 7.97. The summed E-state index contributed by atoms with van der Waals surface area (Å²) in [6, 6.07) is 7.67. The first-order chi connectivity index (χ1) is 11.4. The van der Waals surface area contributed by atoms with Crippen LogP contribution in [0.5, 0.6) is 0 Å². The number of carbonyl (C=O) groups excluding carboxylic acids is 1. The average Bonchev–Trinajstić information content (AvgIpc) is 2.80. The molecule has 0 bridgehead atoms. The molecule has 6 heteroatoms. The zero-order valence-corrected chi connectivity index (χ0v) is 14.8. The quantitative estimate of drug-likeness (QED) is 0.729. The summed E-state index contributed by atoms with van der Waals surface area (Å²) in [5.41, 5.74) is 4.85. The zero-order chi connectivity index (χ0) is 17.7. The van der Waals surface area contributed by atoms with E-state index in [9.17, 15) is 4.79 Å². The van der Waals surface area contributed by atoms with Gasteiger partial charge in [-0.2, -0.15) is 5.10 Å². The van der Waals surface area contributed by atoms with Crippen molar-refractivity contribution >= 4 is 17.3 Å². The minimum Gasteiger partial charge on any atom is -0.394 e. The molecule has 0 saturated carbocycles. The maximum atomic E-state index is 11.8. The lowest BCUT2D eigenvalue weighted by Crippen LogP contribution is -2.17. The summed E-state index contributed by atoms with van der Waals surface area (Å²) in [6.45, 7) is 8.93. The standard InChI is InChI=1S/C18H26N4O2/c1-12(2)18(24)20-16-7-5-6-15(10-16)19-11-17-13(3)21-22(8-9-23)14(17)4/h5-7,10,12,19,23H,8-9,11H2,1-4H3,(H,20,24). The number of aryl methyl sites for hydroxylation is 1. The number of nitrogens with one attached hydrogen (secondary N) is 2. The number of hydrogen-bond donors (Lipinski definition) is 3. The number of anilines is 2. The molecule has 130 valence electrons. The normalized spacial score (nSPS) is 10.9. The van der Waals surface area contributed by atoms with Crippen LogP contribution in [0.2, 0.25) is 0 Å². The lowest BCUT2D eigenvalue weighted by Gasteiger charge is -2.11. The Balaban J connectivity index is 2.06. The Morgan fingerprint density at radius 2 is 2.00 bits per heavy atom. The summed E-state index contributed by atoms with van der Waals surface area (Å²) in [7, 11) is 0. The number of aromatic nitrogens is 2. The molecule has 0 atom stereocenters. The Kier molecular flexibility index (Phi) is 5.98. The number of carbonyl (C=O) groups is 1. The molecule has 1 aromatic heterocycles. The van der Waals surface area contributed by atoms with Gasteiger partial charge < -0.3 is 15.7 Å². The van der Waals surface area contributed by atoms with E-state index in [0.717, 1.165) is 28.3 Å². The van der Waals surface area contributed by atoms with Gasteiger partial charge in [-0.05, 0) is 32.0 Å². The summed E-state index contributed by atoms with van der Waals surface area (Å²) >= 11 is 0. The van der Waals surface area contributed by atoms with E-state index in [1.54, 1.807) is 0 Å². The molecule has 0 unspecified atom stereocenters. The van der Waals surface area contributed by atoms with Crippen LogP contribution in [0.1, 0.15) is 30.8 Å². The van der Waals surface area contributed by atoms with E-state index in [1.165, 1.54) is 0 Å². The maximum Gasteiger partial charge on any atom is 0.226 e. The van der Waals surface area contributed by atoms with Gasteiger partial charge in [-0.3, -0.25) is 9.48 Å². The summed E-state index contributed by atoms with van der Waals surface area (Å²) in [5, 5.41) is 19.8. The molecule has 3 N–H and O–H groups in total. The molecular formula is C18H26N4O2. The van der Waals surface area contributed by atoms with Crippen LogP contribution in [-0.2, 0) is 17.9 Å². The van der Waals surface area contributed by atoms with Gasteiger partial charge in [0.1, 0.15) is 0 Å². The Labute approximate surface area is 142 Å². The number of rotatable bonds is 7. The SMILES string of the molecule is Cc1nn(CCO)c(C)c1CNc1cccc(NC(=O)C(C)C)c1. The van der Waals surface area contributed by atoms with Gasteiger partial charge >= 0.3 is 0 Å². The first kappa shape index (κ1) is 18.0. The van der Waals surface area contributed by atoms with Crippen LogP contribution in [0.25, 0.3) is 0 Å². The van der Waals surface area contributed by atoms with E-state index < -0.39 is 0 Å². The molecule has 0 spiro atoms. The smallest absolute Gasteiger partial charge is 0.226 e. The van der Waals surface area contributed by atoms with Crippen LogP contribution in [0.4, 0.5) is 11.4 Å². The van der Waals surface area contributed by atoms with E-state index in [1.807, 2.05) is 56.6 Å². The molecule has 0 aliphatic rings. The molecule has 0 aliphatic heterocycles. The summed E-state index contributed by atoms with van der Waals surface area (Å²) < 4.78 is 1.83. The molecule has 0 saturated heterocycles. The van der Waals surface area contributed by atoms with Gasteiger partial charge in [0.15, 0.2) is 0 Å². The number of benzene rings is 1. The second-order valence-electron chi connectivity index (χ2n) is 6.17. The van der Waals surface area contributed by atoms with Crippen LogP contribution < -0.4 is 10.6 Å². The third-order valence-electron chi connectivity index (χ3n) is 3.97. The first-order valence-corrected chi connectivity index (χ1v) is 8.21. The fourth-order valence-electron chi connectivity index (χ4n) is 2.49. The van der Waals surface area contributed by atoms with Crippen LogP contribution in [0.3, 0.4) is 0 Å². The number of amides is 1. The lowest BCUT2D eigenvalue weighted by atomic mass is 10.2. The van der Waals surface area contributed by atoms with Crippen LogP contribution >= 0.6 is 0 Å². The van der Waals surface area contributed by atoms with Crippen molar-refractivity contribution in [2.24, 2.45) is 5.92 Å². The highest BCUT2D eigenvalue weighted by Crippen LogP contribution is 2.19. The minimum atomic E-state index is -0.0516. The van der Waals surface area contributed by atoms with Gasteiger partial charge in [0.25, 0.3) is 0 Å². The van der Waals surface area contributed by atoms with Gasteiger partial charge in [0.05, 0.1) is 18.8 Å². The molecule has 1 heterocycles. The average molecular weight is 330 g/mol. The van der Waals surface area contributed by atoms with Crippen molar-refractivity contribution in [3.05, 3.63) is 41.2 Å². The fourth-order valence-corrected chi connectivity index (χ4v) is 2.49. The van der Waals surface area contributed by atoms with E-state index >= 15 is 0 Å². The molecular weight excluding hydrogens is 304 g/mol. The molecule has 0 fully saturated rings. The Morgan fingerprint density at radius 1 is 1.29 bits per heavy atom. The molecule has 0 radical (unpaired) electrons. The second-order valence-corrected chi connectivity index (χ2v) is 6.17. The molecule has 6 nitrogen and oxygen atoms in total. The van der Waals surface area contributed by atoms with Crippen molar-refractivity contribution in [3.63, 3.8) is 0 Å². The molecule has 1 amide bonds. The number of nitrogens with zero attached hydrogens (tertiary/aromatic N) is 2. The summed E-state index contributed by atoms with van der Waals surface area (Å²) in [4.78, 5) is 11.8. The number of hydrogen-bond acceptors (Lipinski definition) is 4. The van der Waals surface area contributed by atoms with Crippen LogP contribution in [-0.4, -0.2) is 27.4 Å². The largest absolute Gasteiger partial charge is 0.394 e. The number of aliphatic hydroxyl groups excluding tert-OH is 1. The predicted molar refractivity (Wildman–Crippen MR) is 96.0 cm³/mol. The first-order valence-electron chi connectivity index (χ1n) is 8.21. The van der Waals surface area contributed by atoms with E-state index in [4.69, 9.17) is 5.11 Å². The predicted octanol–water partition coefficient (Wildman–Crippen LogP) is 2.70. The zero-order valence-electron chi connectivity index (χ0n) is 14.8. The highest BCUT2D eigenvalue weighted by molar-refractivity contribution is 5.92. The summed E-state index contributed by atoms with van der Waals surface area (Å²) in [5.74, 6) is -0.0478. The molecule has 0 aliphatic carbocycles. The van der Waals surface area contributed by atoms with Gasteiger partial charge in [-0.15, -0.1) is 0 Å². The van der Waals surface area contributed by atoms with E-state index in [-0.39, 0.29) is 18.4 Å². The topological polar surface area (TPSA) is 79.2 Å². The highest BCUT2D eigenvalue weighted by Gasteiger charge is 2.11. The van der Waals surface area contributed by atoms with Gasteiger partial charge in [0, 0.05) is 35.1 Å². The molecule has 2 aromatic rings.